The molecule has 0 unspecified atom stereocenters. The Kier molecular flexibility index (Phi) is 5.76. The van der Waals surface area contributed by atoms with E-state index in [9.17, 15) is 0 Å². The fourth-order valence-corrected chi connectivity index (χ4v) is 2.37. The normalized spacial score (nSPS) is 10.9. The van der Waals surface area contributed by atoms with Crippen molar-refractivity contribution in [3.8, 4) is 5.75 Å². The molecule has 0 spiro atoms. The summed E-state index contributed by atoms with van der Waals surface area (Å²) in [5.41, 5.74) is 3.27. The molecule has 0 aliphatic carbocycles. The van der Waals surface area contributed by atoms with Crippen LogP contribution in [0.15, 0.2) is 41.0 Å². The maximum absolute atomic E-state index is 5.97. The number of nitrogens with zero attached hydrogens (tertiary/aromatic N) is 1. The summed E-state index contributed by atoms with van der Waals surface area (Å²) in [7, 11) is 0. The minimum Gasteiger partial charge on any atom is -0.487 e. The molecule has 0 atom stereocenters. The van der Waals surface area contributed by atoms with E-state index in [0.29, 0.717) is 12.6 Å². The molecule has 4 heteroatoms. The van der Waals surface area contributed by atoms with Crippen molar-refractivity contribution >= 4 is 15.9 Å². The third-order valence-electron chi connectivity index (χ3n) is 3.21. The van der Waals surface area contributed by atoms with Crippen molar-refractivity contribution in [1.29, 1.82) is 0 Å². The average molecular weight is 349 g/mol. The van der Waals surface area contributed by atoms with Gasteiger partial charge in [0.2, 0.25) is 0 Å². The van der Waals surface area contributed by atoms with Gasteiger partial charge in [0.15, 0.2) is 0 Å². The molecular formula is C17H21BrN2O. The van der Waals surface area contributed by atoms with E-state index in [1.807, 2.05) is 18.2 Å². The van der Waals surface area contributed by atoms with Crippen molar-refractivity contribution in [2.75, 3.05) is 0 Å². The predicted molar refractivity (Wildman–Crippen MR) is 89.4 cm³/mol. The van der Waals surface area contributed by atoms with Crippen molar-refractivity contribution in [3.63, 3.8) is 0 Å². The molecule has 0 saturated heterocycles. The smallest absolute Gasteiger partial charge is 0.130 e. The molecule has 1 N–H and O–H groups in total. The monoisotopic (exact) mass is 348 g/mol. The number of hydrogen-bond acceptors (Lipinski definition) is 3. The summed E-state index contributed by atoms with van der Waals surface area (Å²) in [6.45, 7) is 7.59. The molecule has 0 aliphatic heterocycles. The summed E-state index contributed by atoms with van der Waals surface area (Å²) in [4.78, 5) is 4.36. The highest BCUT2D eigenvalue weighted by atomic mass is 79.9. The summed E-state index contributed by atoms with van der Waals surface area (Å²) in [5, 5.41) is 3.42. The van der Waals surface area contributed by atoms with Gasteiger partial charge in [-0.2, -0.15) is 0 Å². The van der Waals surface area contributed by atoms with Gasteiger partial charge in [-0.05, 0) is 36.8 Å². The van der Waals surface area contributed by atoms with Crippen LogP contribution in [0.3, 0.4) is 0 Å². The second-order valence-corrected chi connectivity index (χ2v) is 6.26. The maximum Gasteiger partial charge on any atom is 0.130 e. The lowest BCUT2D eigenvalue weighted by molar-refractivity contribution is 0.296. The van der Waals surface area contributed by atoms with Crippen molar-refractivity contribution in [3.05, 3.63) is 57.8 Å². The first-order valence-electron chi connectivity index (χ1n) is 7.11. The molecule has 112 valence electrons. The van der Waals surface area contributed by atoms with E-state index in [4.69, 9.17) is 4.74 Å². The zero-order valence-corrected chi connectivity index (χ0v) is 14.3. The standard InChI is InChI=1S/C17H21BrN2O/c1-12(2)20-10-14-9-15(18)6-7-17(14)21-11-16-13(3)5-4-8-19-16/h4-9,12,20H,10-11H2,1-3H3. The molecular weight excluding hydrogens is 328 g/mol. The predicted octanol–water partition coefficient (Wildman–Crippen LogP) is 4.23. The van der Waals surface area contributed by atoms with Crippen LogP contribution in [0.2, 0.25) is 0 Å². The Balaban J connectivity index is 2.10. The maximum atomic E-state index is 5.97. The second kappa shape index (κ2) is 7.57. The van der Waals surface area contributed by atoms with E-state index >= 15 is 0 Å². The number of aromatic nitrogens is 1. The molecule has 21 heavy (non-hydrogen) atoms. The van der Waals surface area contributed by atoms with Gasteiger partial charge in [-0.25, -0.2) is 0 Å². The highest BCUT2D eigenvalue weighted by Gasteiger charge is 2.07. The Hall–Kier alpha value is -1.39. The first-order chi connectivity index (χ1) is 10.1. The van der Waals surface area contributed by atoms with Gasteiger partial charge in [0.1, 0.15) is 12.4 Å². The van der Waals surface area contributed by atoms with Crippen molar-refractivity contribution < 1.29 is 4.74 Å². The molecule has 2 aromatic rings. The molecule has 1 aromatic carbocycles. The molecule has 2 rings (SSSR count). The van der Waals surface area contributed by atoms with Crippen molar-refractivity contribution in [2.24, 2.45) is 0 Å². The number of aryl methyl sites for hydroxylation is 1. The van der Waals surface area contributed by atoms with E-state index in [0.717, 1.165) is 33.6 Å². The minimum atomic E-state index is 0.440. The average Bonchev–Trinajstić information content (AvgIpc) is 2.45. The van der Waals surface area contributed by atoms with Crippen LogP contribution in [-0.2, 0) is 13.2 Å². The molecule has 0 fully saturated rings. The van der Waals surface area contributed by atoms with Gasteiger partial charge in [-0.3, -0.25) is 4.98 Å². The Bertz CT molecular complexity index is 599. The van der Waals surface area contributed by atoms with Gasteiger partial charge in [-0.1, -0.05) is 35.8 Å². The Morgan fingerprint density at radius 3 is 2.81 bits per heavy atom. The lowest BCUT2D eigenvalue weighted by atomic mass is 10.2. The van der Waals surface area contributed by atoms with Crippen LogP contribution in [0.4, 0.5) is 0 Å². The van der Waals surface area contributed by atoms with Gasteiger partial charge >= 0.3 is 0 Å². The Labute approximate surface area is 134 Å². The van der Waals surface area contributed by atoms with Crippen LogP contribution in [0.25, 0.3) is 0 Å². The summed E-state index contributed by atoms with van der Waals surface area (Å²) in [5.74, 6) is 0.899. The van der Waals surface area contributed by atoms with Crippen LogP contribution in [0.5, 0.6) is 5.75 Å². The number of nitrogens with one attached hydrogen (secondary N) is 1. The molecule has 0 amide bonds. The topological polar surface area (TPSA) is 34.1 Å². The Morgan fingerprint density at radius 1 is 1.29 bits per heavy atom. The molecule has 0 saturated carbocycles. The lowest BCUT2D eigenvalue weighted by Gasteiger charge is -2.14. The third kappa shape index (κ3) is 4.83. The number of pyridine rings is 1. The summed E-state index contributed by atoms with van der Waals surface area (Å²) >= 11 is 3.52. The first-order valence-corrected chi connectivity index (χ1v) is 7.90. The van der Waals surface area contributed by atoms with Crippen LogP contribution >= 0.6 is 15.9 Å². The van der Waals surface area contributed by atoms with Crippen molar-refractivity contribution in [2.45, 2.75) is 40.0 Å². The molecule has 0 bridgehead atoms. The van der Waals surface area contributed by atoms with Crippen LogP contribution in [0.1, 0.15) is 30.7 Å². The van der Waals surface area contributed by atoms with E-state index < -0.39 is 0 Å². The fraction of sp³-hybridized carbons (Fsp3) is 0.353. The Morgan fingerprint density at radius 2 is 2.10 bits per heavy atom. The van der Waals surface area contributed by atoms with Gasteiger partial charge in [0.05, 0.1) is 5.69 Å². The highest BCUT2D eigenvalue weighted by molar-refractivity contribution is 9.10. The van der Waals surface area contributed by atoms with Gasteiger partial charge in [-0.15, -0.1) is 0 Å². The number of benzene rings is 1. The third-order valence-corrected chi connectivity index (χ3v) is 3.70. The molecule has 3 nitrogen and oxygen atoms in total. The van der Waals surface area contributed by atoms with E-state index in [1.165, 1.54) is 0 Å². The quantitative estimate of drug-likeness (QED) is 0.848. The molecule has 1 aromatic heterocycles. The first kappa shape index (κ1) is 16.0. The molecule has 0 radical (unpaired) electrons. The zero-order chi connectivity index (χ0) is 15.2. The van der Waals surface area contributed by atoms with Crippen LogP contribution in [0, 0.1) is 6.92 Å². The van der Waals surface area contributed by atoms with E-state index in [1.54, 1.807) is 6.20 Å². The number of rotatable bonds is 6. The number of ether oxygens (including phenoxy) is 1. The van der Waals surface area contributed by atoms with Gasteiger partial charge < -0.3 is 10.1 Å². The SMILES string of the molecule is Cc1cccnc1COc1ccc(Br)cc1CNC(C)C. The zero-order valence-electron chi connectivity index (χ0n) is 12.7. The van der Waals surface area contributed by atoms with Crippen LogP contribution in [-0.4, -0.2) is 11.0 Å². The number of halogens is 1. The van der Waals surface area contributed by atoms with Crippen molar-refractivity contribution in [1.82, 2.24) is 10.3 Å². The molecule has 1 heterocycles. The second-order valence-electron chi connectivity index (χ2n) is 5.34. The van der Waals surface area contributed by atoms with E-state index in [-0.39, 0.29) is 0 Å². The summed E-state index contributed by atoms with van der Waals surface area (Å²) < 4.78 is 7.03. The summed E-state index contributed by atoms with van der Waals surface area (Å²) in [6, 6.07) is 10.5. The van der Waals surface area contributed by atoms with Gasteiger partial charge in [0, 0.05) is 28.8 Å². The lowest BCUT2D eigenvalue weighted by Crippen LogP contribution is -2.22. The molecule has 0 aliphatic rings. The fourth-order valence-electron chi connectivity index (χ4n) is 1.96. The van der Waals surface area contributed by atoms with E-state index in [2.05, 4.69) is 59.1 Å². The van der Waals surface area contributed by atoms with Crippen LogP contribution < -0.4 is 10.1 Å². The summed E-state index contributed by atoms with van der Waals surface area (Å²) in [6.07, 6.45) is 1.80. The number of hydrogen-bond donors (Lipinski definition) is 1. The minimum absolute atomic E-state index is 0.440. The highest BCUT2D eigenvalue weighted by Crippen LogP contribution is 2.24. The van der Waals surface area contributed by atoms with Gasteiger partial charge in [0.25, 0.3) is 0 Å². The largest absolute Gasteiger partial charge is 0.487 e.